The topological polar surface area (TPSA) is 43.3 Å². The number of aromatic nitrogens is 3. The van der Waals surface area contributed by atoms with Gasteiger partial charge in [-0.1, -0.05) is 141 Å². The Morgan fingerprint density at radius 3 is 1.95 bits per heavy atom. The van der Waals surface area contributed by atoms with Crippen LogP contribution in [0.5, 0.6) is 0 Å². The van der Waals surface area contributed by atoms with Crippen LogP contribution in [0.25, 0.3) is 104 Å². The quantitative estimate of drug-likeness (QED) is 0.162. The van der Waals surface area contributed by atoms with Crippen LogP contribution in [0.2, 0.25) is 0 Å². The van der Waals surface area contributed by atoms with E-state index in [1.54, 1.807) is 6.20 Å². The molecule has 295 valence electrons. The number of benzene rings is 8. The van der Waals surface area contributed by atoms with E-state index in [9.17, 15) is 0 Å². The average Bonchev–Trinajstić information content (AvgIpc) is 3.87. The van der Waals surface area contributed by atoms with Gasteiger partial charge in [0.05, 0.1) is 22.4 Å². The summed E-state index contributed by atoms with van der Waals surface area (Å²) in [5, 5.41) is 11.6. The zero-order valence-electron chi connectivity index (χ0n) is 33.9. The van der Waals surface area contributed by atoms with Crippen molar-refractivity contribution < 1.29 is 24.5 Å². The zero-order valence-corrected chi connectivity index (χ0v) is 36.3. The minimum absolute atomic E-state index is 0. The van der Waals surface area contributed by atoms with Gasteiger partial charge in [0.2, 0.25) is 0 Å². The van der Waals surface area contributed by atoms with Crippen LogP contribution < -0.4 is 0 Å². The minimum Gasteiger partial charge on any atom is -0.501 e. The summed E-state index contributed by atoms with van der Waals surface area (Å²) >= 11 is 0. The van der Waals surface area contributed by atoms with E-state index in [1.807, 2.05) is 48.5 Å². The van der Waals surface area contributed by atoms with Gasteiger partial charge in [-0.25, -0.2) is 0 Å². The molecular weight excluding hydrogens is 923 g/mol. The van der Waals surface area contributed by atoms with Gasteiger partial charge in [0.25, 0.3) is 0 Å². The summed E-state index contributed by atoms with van der Waals surface area (Å²) in [6.45, 7) is 6.76. The molecule has 8 aromatic carbocycles. The van der Waals surface area contributed by atoms with Gasteiger partial charge in [0.1, 0.15) is 5.58 Å². The normalized spacial score (nSPS) is 11.7. The number of fused-ring (bicyclic) bond motifs is 11. The van der Waals surface area contributed by atoms with E-state index in [-0.39, 0.29) is 25.5 Å². The predicted octanol–water partition coefficient (Wildman–Crippen LogP) is 14.9. The molecule has 0 N–H and O–H groups in total. The van der Waals surface area contributed by atoms with E-state index < -0.39 is 0 Å². The standard InChI is InChI=1S/C45H31N2O.C11H8N.Ir/c1-45(2,3)29-23-22-27-25-38-36-18-10-19-37(43(36)48-41(38)26-28(27)24-29)44-46-39-20-11-17-35-33-15-7-5-13-31(33)30-12-4-6-14-32(30)34-16-8-9-21-40(34)47(44)42(35)39;1-2-6-10(7-3-1)11-8-4-5-9-12-11;/h4-18,20-26H,1-3H3;1-6,8-9H;/q2*-1;. The summed E-state index contributed by atoms with van der Waals surface area (Å²) in [4.78, 5) is 9.60. The molecule has 0 unspecified atom stereocenters. The predicted molar refractivity (Wildman–Crippen MR) is 250 cm³/mol. The Labute approximate surface area is 367 Å². The molecule has 0 bridgehead atoms. The molecule has 0 amide bonds. The summed E-state index contributed by atoms with van der Waals surface area (Å²) < 4.78 is 9.15. The van der Waals surface area contributed by atoms with Crippen LogP contribution in [0.4, 0.5) is 0 Å². The first-order chi connectivity index (χ1) is 29.4. The number of hydrogen-bond acceptors (Lipinski definition) is 3. The average molecular weight is 962 g/mol. The van der Waals surface area contributed by atoms with E-state index in [0.717, 1.165) is 71.9 Å². The first-order valence-corrected chi connectivity index (χ1v) is 20.4. The molecule has 1 radical (unpaired) electrons. The Morgan fingerprint density at radius 2 is 1.23 bits per heavy atom. The molecule has 0 spiro atoms. The fourth-order valence-corrected chi connectivity index (χ4v) is 8.74. The Hall–Kier alpha value is -6.91. The molecule has 0 aliphatic heterocycles. The fourth-order valence-electron chi connectivity index (χ4n) is 8.74. The molecule has 5 heteroatoms. The molecule has 4 aromatic heterocycles. The SMILES string of the molecule is CC(C)(C)c1ccc2cc3c(cc2c1)oc1c(-c2nc4cccc5c6ccccc6c6ccccc6c6ccccc6n2c45)[c-]ccc13.[Ir].[c-]1ccccc1-c1ccccn1. The number of para-hydroxylation sites is 2. The van der Waals surface area contributed by atoms with Crippen molar-refractivity contribution in [3.8, 4) is 22.6 Å². The van der Waals surface area contributed by atoms with Crippen molar-refractivity contribution in [3.63, 3.8) is 0 Å². The smallest absolute Gasteiger partial charge is 0.121 e. The number of imidazole rings is 1. The van der Waals surface area contributed by atoms with E-state index >= 15 is 0 Å². The summed E-state index contributed by atoms with van der Waals surface area (Å²) in [5.74, 6) is 0.811. The van der Waals surface area contributed by atoms with Crippen LogP contribution in [0, 0.1) is 12.1 Å². The van der Waals surface area contributed by atoms with Crippen LogP contribution in [0.15, 0.2) is 187 Å². The van der Waals surface area contributed by atoms with Crippen LogP contribution in [0.1, 0.15) is 26.3 Å². The maximum Gasteiger partial charge on any atom is 0.121 e. The van der Waals surface area contributed by atoms with Crippen molar-refractivity contribution in [1.82, 2.24) is 14.4 Å². The first kappa shape index (κ1) is 38.3. The second-order valence-electron chi connectivity index (χ2n) is 16.4. The molecule has 0 saturated carbocycles. The molecule has 0 atom stereocenters. The number of rotatable bonds is 2. The molecular formula is C56H39IrN3O-2. The van der Waals surface area contributed by atoms with Crippen molar-refractivity contribution in [1.29, 1.82) is 0 Å². The number of pyridine rings is 1. The third-order valence-electron chi connectivity index (χ3n) is 11.7. The van der Waals surface area contributed by atoms with Gasteiger partial charge in [-0.2, -0.15) is 0 Å². The number of hydrogen-bond donors (Lipinski definition) is 0. The molecule has 61 heavy (non-hydrogen) atoms. The van der Waals surface area contributed by atoms with Gasteiger partial charge < -0.3 is 13.8 Å². The third kappa shape index (κ3) is 6.58. The summed E-state index contributed by atoms with van der Waals surface area (Å²) in [6.07, 6.45) is 1.79. The summed E-state index contributed by atoms with van der Waals surface area (Å²) in [6, 6.07) is 68.4. The van der Waals surface area contributed by atoms with E-state index in [1.165, 1.54) is 37.9 Å². The van der Waals surface area contributed by atoms with Gasteiger partial charge in [-0.05, 0) is 79.3 Å². The summed E-state index contributed by atoms with van der Waals surface area (Å²) in [7, 11) is 0. The van der Waals surface area contributed by atoms with Crippen molar-refractivity contribution in [2.24, 2.45) is 0 Å². The molecule has 0 saturated heterocycles. The molecule has 0 aliphatic rings. The molecule has 12 rings (SSSR count). The maximum atomic E-state index is 6.81. The Morgan fingerprint density at radius 1 is 0.541 bits per heavy atom. The van der Waals surface area contributed by atoms with Crippen LogP contribution in [-0.2, 0) is 25.5 Å². The largest absolute Gasteiger partial charge is 0.501 e. The first-order valence-electron chi connectivity index (χ1n) is 20.4. The van der Waals surface area contributed by atoms with Gasteiger partial charge in [0.15, 0.2) is 0 Å². The number of nitrogens with zero attached hydrogens (tertiary/aromatic N) is 3. The Balaban J connectivity index is 0.000000296. The van der Waals surface area contributed by atoms with E-state index in [4.69, 9.17) is 9.40 Å². The maximum absolute atomic E-state index is 6.81. The Bertz CT molecular complexity index is 3600. The van der Waals surface area contributed by atoms with Crippen molar-refractivity contribution in [2.45, 2.75) is 26.2 Å². The van der Waals surface area contributed by atoms with Crippen molar-refractivity contribution in [2.75, 3.05) is 0 Å². The molecule has 0 aliphatic carbocycles. The third-order valence-corrected chi connectivity index (χ3v) is 11.7. The summed E-state index contributed by atoms with van der Waals surface area (Å²) in [5.41, 5.74) is 8.97. The van der Waals surface area contributed by atoms with Gasteiger partial charge >= 0.3 is 0 Å². The van der Waals surface area contributed by atoms with E-state index in [0.29, 0.717) is 0 Å². The van der Waals surface area contributed by atoms with Crippen LogP contribution >= 0.6 is 0 Å². The second kappa shape index (κ2) is 15.3. The monoisotopic (exact) mass is 962 g/mol. The van der Waals surface area contributed by atoms with Crippen molar-refractivity contribution in [3.05, 3.63) is 200 Å². The minimum atomic E-state index is 0. The molecule has 4 nitrogen and oxygen atoms in total. The van der Waals surface area contributed by atoms with Gasteiger partial charge in [0, 0.05) is 48.0 Å². The fraction of sp³-hybridized carbons (Fsp3) is 0.0714. The number of furan rings is 1. The van der Waals surface area contributed by atoms with Gasteiger partial charge in [-0.15, -0.1) is 54.1 Å². The van der Waals surface area contributed by atoms with Crippen LogP contribution in [-0.4, -0.2) is 14.4 Å². The molecule has 4 heterocycles. The molecule has 0 fully saturated rings. The Kier molecular flexibility index (Phi) is 9.60. The van der Waals surface area contributed by atoms with Crippen LogP contribution in [0.3, 0.4) is 0 Å². The second-order valence-corrected chi connectivity index (χ2v) is 16.4. The van der Waals surface area contributed by atoms with Crippen molar-refractivity contribution >= 4 is 81.6 Å². The molecule has 12 aromatic rings. The van der Waals surface area contributed by atoms with Gasteiger partial charge in [-0.3, -0.25) is 4.98 Å². The van der Waals surface area contributed by atoms with E-state index in [2.05, 4.69) is 170 Å². The zero-order chi connectivity index (χ0) is 40.4.